The van der Waals surface area contributed by atoms with Crippen LogP contribution in [0.1, 0.15) is 49.4 Å². The smallest absolute Gasteiger partial charge is 0.303 e. The molecule has 0 aliphatic carbocycles. The van der Waals surface area contributed by atoms with Crippen molar-refractivity contribution in [3.8, 4) is 17.6 Å². The molecule has 8 heteroatoms. The second kappa shape index (κ2) is 12.4. The summed E-state index contributed by atoms with van der Waals surface area (Å²) in [4.78, 5) is 17.9. The highest BCUT2D eigenvalue weighted by molar-refractivity contribution is 5.83. The number of hydrogen-bond acceptors (Lipinski definition) is 6. The van der Waals surface area contributed by atoms with Crippen molar-refractivity contribution in [1.29, 1.82) is 0 Å². The number of aliphatic carboxylic acids is 1. The van der Waals surface area contributed by atoms with E-state index in [1.807, 2.05) is 24.3 Å². The van der Waals surface area contributed by atoms with Crippen molar-refractivity contribution in [2.75, 3.05) is 26.7 Å². The second-order valence-corrected chi connectivity index (χ2v) is 9.24. The van der Waals surface area contributed by atoms with Crippen LogP contribution in [0.3, 0.4) is 0 Å². The molecule has 1 unspecified atom stereocenters. The van der Waals surface area contributed by atoms with Crippen LogP contribution in [0.2, 0.25) is 0 Å². The number of nitrogens with zero attached hydrogens (tertiary/aromatic N) is 4. The monoisotopic (exact) mass is 490 g/mol. The predicted molar refractivity (Wildman–Crippen MR) is 135 cm³/mol. The Hall–Kier alpha value is -3.57. The molecule has 1 aliphatic rings. The number of piperidine rings is 1. The number of methoxy groups -OCH3 is 1. The summed E-state index contributed by atoms with van der Waals surface area (Å²) >= 11 is 0. The number of ether oxygens (including phenoxy) is 1. The highest BCUT2D eigenvalue weighted by Crippen LogP contribution is 2.36. The fourth-order valence-electron chi connectivity index (χ4n) is 5.00. The molecular weight excluding hydrogens is 459 g/mol. The number of halogens is 1. The van der Waals surface area contributed by atoms with E-state index < -0.39 is 12.1 Å². The van der Waals surface area contributed by atoms with Crippen LogP contribution in [0.5, 0.6) is 5.75 Å². The summed E-state index contributed by atoms with van der Waals surface area (Å²) in [5.41, 5.74) is 2.18. The number of hydrogen-bond donors (Lipinski definition) is 1. The minimum absolute atomic E-state index is 0.122. The van der Waals surface area contributed by atoms with Crippen molar-refractivity contribution < 1.29 is 19.0 Å². The van der Waals surface area contributed by atoms with Gasteiger partial charge in [0.2, 0.25) is 0 Å². The largest absolute Gasteiger partial charge is 0.497 e. The minimum atomic E-state index is -1.12. The standard InChI is InChI=1S/C28H31FN4O3/c1-36-23-6-8-27-25(17-23)24(11-13-30-27)26(29)7-4-21-12-16-33(19-22(21)5-9-28(34)35)15-2-3-20-10-14-31-32-18-20/h6,8,10-11,13-14,17-18,21-22,26H,4-5,7,9,12,15-16,19H2,1H3,(H,34,35)/t21-,22+,26?/m1/s1. The van der Waals surface area contributed by atoms with Gasteiger partial charge in [0, 0.05) is 30.1 Å². The topological polar surface area (TPSA) is 88.4 Å². The van der Waals surface area contributed by atoms with Crippen molar-refractivity contribution in [3.05, 3.63) is 60.0 Å². The number of alkyl halides is 1. The lowest BCUT2D eigenvalue weighted by molar-refractivity contribution is -0.137. The van der Waals surface area contributed by atoms with Crippen molar-refractivity contribution in [2.45, 2.75) is 38.3 Å². The van der Waals surface area contributed by atoms with Gasteiger partial charge in [0.15, 0.2) is 0 Å². The van der Waals surface area contributed by atoms with E-state index in [1.165, 1.54) is 0 Å². The van der Waals surface area contributed by atoms with Gasteiger partial charge in [0.25, 0.3) is 0 Å². The molecule has 2 aromatic heterocycles. The summed E-state index contributed by atoms with van der Waals surface area (Å²) < 4.78 is 20.8. The van der Waals surface area contributed by atoms with Crippen LogP contribution in [-0.4, -0.2) is 57.9 Å². The quantitative estimate of drug-likeness (QED) is 0.436. The average molecular weight is 491 g/mol. The van der Waals surface area contributed by atoms with Gasteiger partial charge >= 0.3 is 5.97 Å². The van der Waals surface area contributed by atoms with Crippen molar-refractivity contribution in [1.82, 2.24) is 20.1 Å². The summed E-state index contributed by atoms with van der Waals surface area (Å²) in [6, 6.07) is 9.06. The van der Waals surface area contributed by atoms with Crippen molar-refractivity contribution in [3.63, 3.8) is 0 Å². The molecule has 1 N–H and O–H groups in total. The Kier molecular flexibility index (Phi) is 8.80. The Morgan fingerprint density at radius 2 is 2.11 bits per heavy atom. The zero-order valence-electron chi connectivity index (χ0n) is 20.4. The Morgan fingerprint density at radius 3 is 2.89 bits per heavy atom. The van der Waals surface area contributed by atoms with E-state index in [9.17, 15) is 9.90 Å². The maximum atomic E-state index is 15.5. The van der Waals surface area contributed by atoms with Gasteiger partial charge in [-0.3, -0.25) is 14.7 Å². The van der Waals surface area contributed by atoms with Crippen LogP contribution in [0.25, 0.3) is 10.9 Å². The molecule has 0 spiro atoms. The third-order valence-electron chi connectivity index (χ3n) is 6.93. The summed E-state index contributed by atoms with van der Waals surface area (Å²) in [5, 5.41) is 17.6. The van der Waals surface area contributed by atoms with Gasteiger partial charge in [-0.05, 0) is 80.0 Å². The normalized spacial score (nSPS) is 18.8. The molecule has 3 aromatic rings. The average Bonchev–Trinajstić information content (AvgIpc) is 2.91. The van der Waals surface area contributed by atoms with Gasteiger partial charge in [-0.15, -0.1) is 0 Å². The van der Waals surface area contributed by atoms with Crippen LogP contribution in [0, 0.1) is 23.7 Å². The molecule has 1 fully saturated rings. The maximum absolute atomic E-state index is 15.5. The number of likely N-dealkylation sites (tertiary alicyclic amines) is 1. The first kappa shape index (κ1) is 25.5. The number of pyridine rings is 1. The minimum Gasteiger partial charge on any atom is -0.497 e. The molecule has 0 radical (unpaired) electrons. The summed E-state index contributed by atoms with van der Waals surface area (Å²) in [7, 11) is 1.59. The fourth-order valence-corrected chi connectivity index (χ4v) is 5.00. The number of carboxylic acids is 1. The zero-order chi connectivity index (χ0) is 25.3. The van der Waals surface area contributed by atoms with E-state index in [2.05, 4.69) is 31.9 Å². The number of aromatic nitrogens is 3. The molecule has 188 valence electrons. The summed E-state index contributed by atoms with van der Waals surface area (Å²) in [6.07, 6.45) is 6.47. The third-order valence-corrected chi connectivity index (χ3v) is 6.93. The molecule has 0 bridgehead atoms. The molecule has 7 nitrogen and oxygen atoms in total. The van der Waals surface area contributed by atoms with E-state index in [0.717, 1.165) is 36.0 Å². The zero-order valence-corrected chi connectivity index (χ0v) is 20.4. The molecule has 1 saturated heterocycles. The van der Waals surface area contributed by atoms with Crippen molar-refractivity contribution >= 4 is 16.9 Å². The molecule has 36 heavy (non-hydrogen) atoms. The lowest BCUT2D eigenvalue weighted by atomic mass is 9.79. The van der Waals surface area contributed by atoms with E-state index in [4.69, 9.17) is 4.74 Å². The molecule has 4 rings (SSSR count). The molecule has 1 aromatic carbocycles. The van der Waals surface area contributed by atoms with Crippen LogP contribution in [0.4, 0.5) is 4.39 Å². The number of rotatable bonds is 9. The number of carbonyl (C=O) groups is 1. The first-order valence-electron chi connectivity index (χ1n) is 12.3. The lowest BCUT2D eigenvalue weighted by Crippen LogP contribution is -2.41. The Labute approximate surface area is 210 Å². The molecule has 3 atom stereocenters. The van der Waals surface area contributed by atoms with E-state index in [1.54, 1.807) is 31.8 Å². The van der Waals surface area contributed by atoms with Gasteiger partial charge in [0.1, 0.15) is 11.9 Å². The maximum Gasteiger partial charge on any atom is 0.303 e. The highest BCUT2D eigenvalue weighted by Gasteiger charge is 2.30. The van der Waals surface area contributed by atoms with Gasteiger partial charge in [-0.1, -0.05) is 11.8 Å². The van der Waals surface area contributed by atoms with Crippen molar-refractivity contribution in [2.24, 2.45) is 11.8 Å². The fraction of sp³-hybridized carbons (Fsp3) is 0.429. The highest BCUT2D eigenvalue weighted by atomic mass is 19.1. The van der Waals surface area contributed by atoms with E-state index in [-0.39, 0.29) is 18.3 Å². The molecule has 3 heterocycles. The molecule has 0 saturated carbocycles. The number of fused-ring (bicyclic) bond motifs is 1. The first-order chi connectivity index (χ1) is 17.5. The second-order valence-electron chi connectivity index (χ2n) is 9.24. The number of benzene rings is 1. The van der Waals surface area contributed by atoms with E-state index in [0.29, 0.717) is 37.1 Å². The summed E-state index contributed by atoms with van der Waals surface area (Å²) in [5.74, 6) is 6.63. The van der Waals surface area contributed by atoms with Crippen LogP contribution < -0.4 is 4.74 Å². The van der Waals surface area contributed by atoms with Crippen LogP contribution in [0.15, 0.2) is 48.9 Å². The molecule has 0 amide bonds. The molecular formula is C28H31FN4O3. The predicted octanol–water partition coefficient (Wildman–Crippen LogP) is 4.68. The SMILES string of the molecule is COc1ccc2nccc(C(F)CC[C@@H]3CCN(CC#Cc4ccnnc4)C[C@@H]3CCC(=O)O)c2c1. The van der Waals surface area contributed by atoms with E-state index >= 15 is 4.39 Å². The Morgan fingerprint density at radius 1 is 1.22 bits per heavy atom. The molecule has 1 aliphatic heterocycles. The van der Waals surface area contributed by atoms with Gasteiger partial charge in [-0.2, -0.15) is 10.2 Å². The van der Waals surface area contributed by atoms with Crippen LogP contribution in [-0.2, 0) is 4.79 Å². The van der Waals surface area contributed by atoms with Gasteiger partial charge in [0.05, 0.1) is 31.6 Å². The van der Waals surface area contributed by atoms with Crippen LogP contribution >= 0.6 is 0 Å². The lowest BCUT2D eigenvalue weighted by Gasteiger charge is -2.38. The third kappa shape index (κ3) is 6.76. The first-order valence-corrected chi connectivity index (χ1v) is 12.3. The Balaban J connectivity index is 1.39. The number of carboxylic acid groups (broad SMARTS) is 1. The van der Waals surface area contributed by atoms with Gasteiger partial charge in [-0.25, -0.2) is 4.39 Å². The Bertz CT molecular complexity index is 1230. The summed E-state index contributed by atoms with van der Waals surface area (Å²) in [6.45, 7) is 2.24. The van der Waals surface area contributed by atoms with Gasteiger partial charge < -0.3 is 9.84 Å².